The Morgan fingerprint density at radius 3 is 2.61 bits per heavy atom. The molecule has 0 aromatic heterocycles. The Labute approximate surface area is 138 Å². The zero-order valence-corrected chi connectivity index (χ0v) is 14.0. The van der Waals surface area contributed by atoms with Crippen LogP contribution in [0.15, 0.2) is 24.3 Å². The number of hydrogen-bond acceptors (Lipinski definition) is 4. The van der Waals surface area contributed by atoms with Crippen LogP contribution in [0.4, 0.5) is 0 Å². The fourth-order valence-corrected chi connectivity index (χ4v) is 2.42. The van der Waals surface area contributed by atoms with Crippen LogP contribution in [0.5, 0.6) is 11.5 Å². The van der Waals surface area contributed by atoms with Crippen LogP contribution in [0, 0.1) is 0 Å². The molecule has 0 spiro atoms. The molecule has 128 valence electrons. The molecular formula is C18H27NO4. The lowest BCUT2D eigenvalue weighted by molar-refractivity contribution is -0.137. The molecule has 0 bridgehead atoms. The summed E-state index contributed by atoms with van der Waals surface area (Å²) in [6.45, 7) is 5.46. The van der Waals surface area contributed by atoms with Gasteiger partial charge in [-0.05, 0) is 18.6 Å². The molecule has 0 radical (unpaired) electrons. The summed E-state index contributed by atoms with van der Waals surface area (Å²) in [4.78, 5) is 13.8. The maximum absolute atomic E-state index is 12.0. The van der Waals surface area contributed by atoms with Gasteiger partial charge >= 0.3 is 0 Å². The van der Waals surface area contributed by atoms with Crippen LogP contribution in [0.1, 0.15) is 32.6 Å². The summed E-state index contributed by atoms with van der Waals surface area (Å²) in [5.41, 5.74) is 0. The topological polar surface area (TPSA) is 48.0 Å². The molecule has 1 aliphatic rings. The van der Waals surface area contributed by atoms with Crippen LogP contribution in [-0.4, -0.2) is 50.3 Å². The molecule has 1 fully saturated rings. The van der Waals surface area contributed by atoms with Gasteiger partial charge in [-0.15, -0.1) is 0 Å². The van der Waals surface area contributed by atoms with Gasteiger partial charge in [-0.25, -0.2) is 0 Å². The number of benzene rings is 1. The highest BCUT2D eigenvalue weighted by atomic mass is 16.5. The predicted octanol–water partition coefficient (Wildman–Crippen LogP) is 2.88. The first kappa shape index (κ1) is 17.6. The smallest absolute Gasteiger partial charge is 0.260 e. The Kier molecular flexibility index (Phi) is 7.73. The van der Waals surface area contributed by atoms with E-state index in [9.17, 15) is 4.79 Å². The van der Waals surface area contributed by atoms with E-state index >= 15 is 0 Å². The van der Waals surface area contributed by atoms with E-state index in [2.05, 4.69) is 6.92 Å². The monoisotopic (exact) mass is 321 g/mol. The first-order valence-corrected chi connectivity index (χ1v) is 8.51. The minimum atomic E-state index is -0.000753. The van der Waals surface area contributed by atoms with Crippen LogP contribution in [0.2, 0.25) is 0 Å². The van der Waals surface area contributed by atoms with Crippen molar-refractivity contribution in [1.29, 1.82) is 0 Å². The molecule has 1 aromatic carbocycles. The molecule has 1 aromatic rings. The number of carbonyl (C=O) groups is 1. The van der Waals surface area contributed by atoms with Crippen LogP contribution < -0.4 is 9.47 Å². The lowest BCUT2D eigenvalue weighted by Gasteiger charge is -2.26. The van der Waals surface area contributed by atoms with E-state index in [-0.39, 0.29) is 12.5 Å². The van der Waals surface area contributed by atoms with Gasteiger partial charge in [0.15, 0.2) is 6.61 Å². The third kappa shape index (κ3) is 6.48. The van der Waals surface area contributed by atoms with E-state index in [0.717, 1.165) is 18.8 Å². The summed E-state index contributed by atoms with van der Waals surface area (Å²) in [6, 6.07) is 7.48. The summed E-state index contributed by atoms with van der Waals surface area (Å²) in [5.74, 6) is 1.45. The van der Waals surface area contributed by atoms with Crippen molar-refractivity contribution >= 4 is 5.91 Å². The molecule has 0 unspecified atom stereocenters. The number of rotatable bonds is 9. The Balaban J connectivity index is 1.72. The van der Waals surface area contributed by atoms with Gasteiger partial charge < -0.3 is 19.1 Å². The zero-order valence-electron chi connectivity index (χ0n) is 14.0. The summed E-state index contributed by atoms with van der Waals surface area (Å²) >= 11 is 0. The highest BCUT2D eigenvalue weighted by molar-refractivity contribution is 5.77. The second-order valence-corrected chi connectivity index (χ2v) is 5.67. The summed E-state index contributed by atoms with van der Waals surface area (Å²) < 4.78 is 16.6. The number of amides is 1. The molecule has 23 heavy (non-hydrogen) atoms. The van der Waals surface area contributed by atoms with Crippen molar-refractivity contribution in [2.24, 2.45) is 0 Å². The highest BCUT2D eigenvalue weighted by Gasteiger charge is 2.17. The Hall–Kier alpha value is -1.75. The number of hydrogen-bond donors (Lipinski definition) is 0. The maximum atomic E-state index is 12.0. The lowest BCUT2D eigenvalue weighted by atomic mass is 10.2. The second kappa shape index (κ2) is 10.1. The zero-order chi connectivity index (χ0) is 16.3. The molecular weight excluding hydrogens is 294 g/mol. The Bertz CT molecular complexity index is 472. The summed E-state index contributed by atoms with van der Waals surface area (Å²) in [5, 5.41) is 0. The van der Waals surface area contributed by atoms with Gasteiger partial charge in [-0.1, -0.05) is 32.3 Å². The van der Waals surface area contributed by atoms with E-state index in [4.69, 9.17) is 14.2 Å². The van der Waals surface area contributed by atoms with Gasteiger partial charge in [0.05, 0.1) is 19.8 Å². The molecule has 2 rings (SSSR count). The Morgan fingerprint density at radius 2 is 1.87 bits per heavy atom. The van der Waals surface area contributed by atoms with E-state index in [1.807, 2.05) is 24.3 Å². The van der Waals surface area contributed by atoms with E-state index < -0.39 is 0 Å². The van der Waals surface area contributed by atoms with Gasteiger partial charge in [0.2, 0.25) is 0 Å². The third-order valence-electron chi connectivity index (χ3n) is 3.80. The molecule has 1 aliphatic heterocycles. The van der Waals surface area contributed by atoms with Crippen LogP contribution >= 0.6 is 0 Å². The van der Waals surface area contributed by atoms with E-state index in [1.165, 1.54) is 19.3 Å². The normalized spacial score (nSPS) is 14.6. The van der Waals surface area contributed by atoms with Gasteiger partial charge in [0.25, 0.3) is 5.91 Å². The van der Waals surface area contributed by atoms with Crippen molar-refractivity contribution in [2.75, 3.05) is 39.5 Å². The van der Waals surface area contributed by atoms with Crippen LogP contribution in [0.3, 0.4) is 0 Å². The first-order chi connectivity index (χ1) is 11.3. The number of morpholine rings is 1. The van der Waals surface area contributed by atoms with E-state index in [0.29, 0.717) is 32.1 Å². The van der Waals surface area contributed by atoms with Gasteiger partial charge in [0, 0.05) is 19.2 Å². The largest absolute Gasteiger partial charge is 0.493 e. The van der Waals surface area contributed by atoms with Crippen molar-refractivity contribution in [3.05, 3.63) is 24.3 Å². The van der Waals surface area contributed by atoms with Crippen molar-refractivity contribution < 1.29 is 19.0 Å². The molecule has 1 heterocycles. The average Bonchev–Trinajstić information content (AvgIpc) is 2.60. The summed E-state index contributed by atoms with van der Waals surface area (Å²) in [7, 11) is 0. The lowest BCUT2D eigenvalue weighted by Crippen LogP contribution is -2.42. The molecule has 1 saturated heterocycles. The van der Waals surface area contributed by atoms with Crippen molar-refractivity contribution in [2.45, 2.75) is 32.6 Å². The van der Waals surface area contributed by atoms with Crippen molar-refractivity contribution in [3.63, 3.8) is 0 Å². The Morgan fingerprint density at radius 1 is 1.13 bits per heavy atom. The average molecular weight is 321 g/mol. The predicted molar refractivity (Wildman–Crippen MR) is 89.0 cm³/mol. The number of nitrogens with zero attached hydrogens (tertiary/aromatic N) is 1. The fourth-order valence-electron chi connectivity index (χ4n) is 2.42. The number of ether oxygens (including phenoxy) is 3. The van der Waals surface area contributed by atoms with Crippen LogP contribution in [0.25, 0.3) is 0 Å². The number of unbranched alkanes of at least 4 members (excludes halogenated alkanes) is 3. The maximum Gasteiger partial charge on any atom is 0.260 e. The molecule has 0 N–H and O–H groups in total. The molecule has 0 aliphatic carbocycles. The van der Waals surface area contributed by atoms with Gasteiger partial charge in [-0.3, -0.25) is 4.79 Å². The standard InChI is InChI=1S/C18H27NO4/c1-2-3-4-5-11-22-16-7-6-8-17(14-16)23-15-18(20)19-9-12-21-13-10-19/h6-8,14H,2-5,9-13,15H2,1H3. The minimum absolute atomic E-state index is 0.000753. The molecule has 1 amide bonds. The van der Waals surface area contributed by atoms with Crippen LogP contribution in [-0.2, 0) is 9.53 Å². The minimum Gasteiger partial charge on any atom is -0.493 e. The van der Waals surface area contributed by atoms with Crippen molar-refractivity contribution in [1.82, 2.24) is 4.90 Å². The molecule has 5 heteroatoms. The summed E-state index contributed by atoms with van der Waals surface area (Å²) in [6.07, 6.45) is 4.73. The highest BCUT2D eigenvalue weighted by Crippen LogP contribution is 2.20. The van der Waals surface area contributed by atoms with Gasteiger partial charge in [-0.2, -0.15) is 0 Å². The molecule has 5 nitrogen and oxygen atoms in total. The van der Waals surface area contributed by atoms with E-state index in [1.54, 1.807) is 4.90 Å². The quantitative estimate of drug-likeness (QED) is 0.656. The third-order valence-corrected chi connectivity index (χ3v) is 3.80. The SMILES string of the molecule is CCCCCCOc1cccc(OCC(=O)N2CCOCC2)c1. The van der Waals surface area contributed by atoms with Gasteiger partial charge in [0.1, 0.15) is 11.5 Å². The number of carbonyl (C=O) groups excluding carboxylic acids is 1. The first-order valence-electron chi connectivity index (χ1n) is 8.51. The molecule has 0 saturated carbocycles. The van der Waals surface area contributed by atoms with Crippen molar-refractivity contribution in [3.8, 4) is 11.5 Å². The molecule has 0 atom stereocenters. The second-order valence-electron chi connectivity index (χ2n) is 5.67. The fraction of sp³-hybridized carbons (Fsp3) is 0.611.